The lowest BCUT2D eigenvalue weighted by Gasteiger charge is -2.37. The Kier molecular flexibility index (Phi) is 6.01. The van der Waals surface area contributed by atoms with Gasteiger partial charge in [0.25, 0.3) is 11.5 Å². The molecule has 0 aliphatic carbocycles. The van der Waals surface area contributed by atoms with Gasteiger partial charge in [-0.3, -0.25) is 24.1 Å². The van der Waals surface area contributed by atoms with Gasteiger partial charge in [-0.2, -0.15) is 5.11 Å². The average Bonchev–Trinajstić information content (AvgIpc) is 2.94. The summed E-state index contributed by atoms with van der Waals surface area (Å²) in [4.78, 5) is 36.3. The Labute approximate surface area is 222 Å². The number of nitrogen functional groups attached to an aromatic ring is 1. The molecular weight excluding hydrogens is 498 g/mol. The van der Waals surface area contributed by atoms with Crippen LogP contribution in [0.25, 0.3) is 22.4 Å². The first kappa shape index (κ1) is 24.6. The molecule has 2 aliphatic rings. The molecule has 1 amide bonds. The molecule has 0 radical (unpaired) electrons. The highest BCUT2D eigenvalue weighted by atomic mass is 16.3. The summed E-state index contributed by atoms with van der Waals surface area (Å²) >= 11 is 0. The van der Waals surface area contributed by atoms with Crippen LogP contribution in [-0.2, 0) is 13.7 Å². The predicted octanol–water partition coefficient (Wildman–Crippen LogP) is 2.46. The Hall–Kier alpha value is -4.74. The van der Waals surface area contributed by atoms with Crippen LogP contribution in [0.2, 0.25) is 0 Å². The van der Waals surface area contributed by atoms with Crippen LogP contribution >= 0.6 is 0 Å². The molecule has 2 aliphatic heterocycles. The molecular formula is C28H25N7O4. The summed E-state index contributed by atoms with van der Waals surface area (Å²) in [5, 5.41) is 28.3. The third kappa shape index (κ3) is 4.08. The number of aliphatic hydroxyl groups is 2. The number of rotatable bonds is 5. The van der Waals surface area contributed by atoms with E-state index in [1.165, 1.54) is 10.6 Å². The van der Waals surface area contributed by atoms with Crippen molar-refractivity contribution in [1.82, 2.24) is 14.5 Å². The lowest BCUT2D eigenvalue weighted by Crippen LogP contribution is -2.50. The van der Waals surface area contributed by atoms with E-state index in [0.29, 0.717) is 57.9 Å². The van der Waals surface area contributed by atoms with Gasteiger partial charge in [-0.25, -0.2) is 0 Å². The van der Waals surface area contributed by atoms with Gasteiger partial charge in [-0.1, -0.05) is 18.2 Å². The smallest absolute Gasteiger partial charge is 0.295 e. The first-order valence-corrected chi connectivity index (χ1v) is 12.4. The summed E-state index contributed by atoms with van der Waals surface area (Å²) in [6.45, 7) is 0.683. The van der Waals surface area contributed by atoms with Gasteiger partial charge in [0.15, 0.2) is 0 Å². The van der Waals surface area contributed by atoms with Gasteiger partial charge in [-0.15, -0.1) is 5.11 Å². The molecule has 1 fully saturated rings. The van der Waals surface area contributed by atoms with Crippen molar-refractivity contribution in [2.24, 2.45) is 17.3 Å². The van der Waals surface area contributed by atoms with E-state index in [0.717, 1.165) is 5.69 Å². The highest BCUT2D eigenvalue weighted by Crippen LogP contribution is 2.41. The van der Waals surface area contributed by atoms with Gasteiger partial charge >= 0.3 is 0 Å². The standard InChI is InChI=1S/C28H25N7O4/c1-34-23(38)10-20(22-7-6-15(11-31-22)35-12-16(37)13-35)24(27(34)29)17-8-9-30-25(21(17)14-36)26-18-4-2-3-5-19(18)28(39)33-32-26/h2-11,16,26,36-37H,12-14,29H2,1H3. The first-order chi connectivity index (χ1) is 18.9. The van der Waals surface area contributed by atoms with Crippen LogP contribution in [0.4, 0.5) is 11.5 Å². The molecule has 0 bridgehead atoms. The Morgan fingerprint density at radius 1 is 1.03 bits per heavy atom. The number of β-amino-alcohol motifs (C(OH)–C–C–N with tert-alkyl or cyclic N) is 1. The van der Waals surface area contributed by atoms with Crippen molar-refractivity contribution in [3.63, 3.8) is 0 Å². The zero-order valence-corrected chi connectivity index (χ0v) is 21.0. The normalized spacial score (nSPS) is 16.7. The van der Waals surface area contributed by atoms with E-state index in [-0.39, 0.29) is 17.5 Å². The number of hydrogen-bond acceptors (Lipinski definition) is 9. The summed E-state index contributed by atoms with van der Waals surface area (Å²) < 4.78 is 1.34. The van der Waals surface area contributed by atoms with Crippen molar-refractivity contribution >= 4 is 17.4 Å². The van der Waals surface area contributed by atoms with E-state index in [9.17, 15) is 19.8 Å². The minimum absolute atomic E-state index is 0.196. The van der Waals surface area contributed by atoms with Gasteiger partial charge in [0.05, 0.1) is 36.0 Å². The maximum atomic E-state index is 12.8. The second-order valence-corrected chi connectivity index (χ2v) is 9.57. The molecule has 1 unspecified atom stereocenters. The lowest BCUT2D eigenvalue weighted by molar-refractivity contribution is 0.0986. The number of anilines is 2. The molecule has 11 nitrogen and oxygen atoms in total. The Bertz CT molecular complexity index is 1690. The molecule has 39 heavy (non-hydrogen) atoms. The third-order valence-electron chi connectivity index (χ3n) is 7.26. The topological polar surface area (TPSA) is 159 Å². The maximum absolute atomic E-state index is 12.8. The van der Waals surface area contributed by atoms with Gasteiger partial charge < -0.3 is 20.8 Å². The van der Waals surface area contributed by atoms with Crippen molar-refractivity contribution in [3.8, 4) is 22.4 Å². The number of benzene rings is 1. The van der Waals surface area contributed by atoms with Crippen molar-refractivity contribution in [2.75, 3.05) is 23.7 Å². The largest absolute Gasteiger partial charge is 0.392 e. The van der Waals surface area contributed by atoms with Crippen molar-refractivity contribution in [3.05, 3.63) is 93.7 Å². The molecule has 6 rings (SSSR count). The number of aliphatic hydroxyl groups excluding tert-OH is 2. The van der Waals surface area contributed by atoms with Crippen LogP contribution in [0.15, 0.2) is 75.9 Å². The summed E-state index contributed by atoms with van der Waals surface area (Å²) in [7, 11) is 1.58. The fourth-order valence-corrected chi connectivity index (χ4v) is 5.10. The number of hydrogen-bond donors (Lipinski definition) is 3. The SMILES string of the molecule is Cn1c(N)c(-c2ccnc(C3N=NC(=O)c4ccccc43)c2CO)c(-c2ccc(N3CC(O)C3)cn2)cc1=O. The van der Waals surface area contributed by atoms with Crippen LogP contribution in [0.1, 0.15) is 33.2 Å². The number of carbonyl (C=O) groups is 1. The highest BCUT2D eigenvalue weighted by molar-refractivity contribution is 5.97. The third-order valence-corrected chi connectivity index (χ3v) is 7.26. The number of carbonyl (C=O) groups excluding carboxylic acids is 1. The molecule has 1 atom stereocenters. The number of azo groups is 1. The Balaban J connectivity index is 1.52. The second kappa shape index (κ2) is 9.53. The minimum atomic E-state index is -0.706. The zero-order chi connectivity index (χ0) is 27.3. The summed E-state index contributed by atoms with van der Waals surface area (Å²) in [5.74, 6) is -0.239. The zero-order valence-electron chi connectivity index (χ0n) is 21.0. The number of amides is 1. The fraction of sp³-hybridized carbons (Fsp3) is 0.214. The number of aromatic nitrogens is 3. The molecule has 3 aromatic heterocycles. The Morgan fingerprint density at radius 3 is 2.54 bits per heavy atom. The van der Waals surface area contributed by atoms with E-state index in [2.05, 4.69) is 20.2 Å². The molecule has 11 heteroatoms. The summed E-state index contributed by atoms with van der Waals surface area (Å²) in [6.07, 6.45) is 2.93. The maximum Gasteiger partial charge on any atom is 0.295 e. The predicted molar refractivity (Wildman–Crippen MR) is 144 cm³/mol. The van der Waals surface area contributed by atoms with Gasteiger partial charge in [-0.05, 0) is 35.4 Å². The van der Waals surface area contributed by atoms with E-state index < -0.39 is 18.6 Å². The fourth-order valence-electron chi connectivity index (χ4n) is 5.10. The minimum Gasteiger partial charge on any atom is -0.392 e. The molecule has 196 valence electrons. The van der Waals surface area contributed by atoms with Crippen LogP contribution in [0, 0.1) is 0 Å². The van der Waals surface area contributed by atoms with Crippen LogP contribution in [0.3, 0.4) is 0 Å². The van der Waals surface area contributed by atoms with Crippen LogP contribution in [-0.4, -0.2) is 49.8 Å². The van der Waals surface area contributed by atoms with E-state index in [1.54, 1.807) is 49.8 Å². The van der Waals surface area contributed by atoms with E-state index >= 15 is 0 Å². The number of fused-ring (bicyclic) bond motifs is 1. The van der Waals surface area contributed by atoms with Crippen molar-refractivity contribution in [1.29, 1.82) is 0 Å². The molecule has 1 saturated heterocycles. The molecule has 5 heterocycles. The van der Waals surface area contributed by atoms with Gasteiger partial charge in [0.1, 0.15) is 11.9 Å². The van der Waals surface area contributed by atoms with Crippen molar-refractivity contribution in [2.45, 2.75) is 18.8 Å². The molecule has 1 aromatic carbocycles. The van der Waals surface area contributed by atoms with E-state index in [4.69, 9.17) is 5.73 Å². The van der Waals surface area contributed by atoms with Gasteiger partial charge in [0, 0.05) is 54.7 Å². The molecule has 0 spiro atoms. The lowest BCUT2D eigenvalue weighted by atomic mass is 9.89. The Morgan fingerprint density at radius 2 is 1.82 bits per heavy atom. The monoisotopic (exact) mass is 523 g/mol. The van der Waals surface area contributed by atoms with Crippen LogP contribution < -0.4 is 16.2 Å². The van der Waals surface area contributed by atoms with E-state index in [1.807, 2.05) is 17.0 Å². The number of nitrogens with zero attached hydrogens (tertiary/aromatic N) is 6. The first-order valence-electron chi connectivity index (χ1n) is 12.4. The summed E-state index contributed by atoms with van der Waals surface area (Å²) in [5.41, 5.74) is 11.1. The number of pyridine rings is 3. The molecule has 4 aromatic rings. The average molecular weight is 524 g/mol. The number of nitrogens with two attached hydrogens (primary N) is 1. The van der Waals surface area contributed by atoms with Crippen molar-refractivity contribution < 1.29 is 15.0 Å². The molecule has 0 saturated carbocycles. The van der Waals surface area contributed by atoms with Crippen LogP contribution in [0.5, 0.6) is 0 Å². The second-order valence-electron chi connectivity index (χ2n) is 9.57. The molecule has 4 N–H and O–H groups in total. The van der Waals surface area contributed by atoms with Gasteiger partial charge in [0.2, 0.25) is 0 Å². The highest BCUT2D eigenvalue weighted by Gasteiger charge is 2.30. The summed E-state index contributed by atoms with van der Waals surface area (Å²) in [6, 6.07) is 13.2. The quantitative estimate of drug-likeness (QED) is 0.360.